The van der Waals surface area contributed by atoms with Gasteiger partial charge in [0, 0.05) is 6.04 Å². The van der Waals surface area contributed by atoms with Gasteiger partial charge in [-0.1, -0.05) is 51.5 Å². The second-order valence-corrected chi connectivity index (χ2v) is 4.86. The fraction of sp³-hybridized carbons (Fsp3) is 0.625. The summed E-state index contributed by atoms with van der Waals surface area (Å²) in [7, 11) is 0. The monoisotopic (exact) mass is 249 g/mol. The molecule has 1 aromatic carbocycles. The van der Waals surface area contributed by atoms with Crippen LogP contribution in [0.25, 0.3) is 0 Å². The summed E-state index contributed by atoms with van der Waals surface area (Å²) in [6.45, 7) is 7.43. The number of hydrogen-bond donors (Lipinski definition) is 2. The number of hydrogen-bond acceptors (Lipinski definition) is 2. The van der Waals surface area contributed by atoms with Crippen molar-refractivity contribution in [1.82, 2.24) is 5.32 Å². The average Bonchev–Trinajstić information content (AvgIpc) is 2.43. The summed E-state index contributed by atoms with van der Waals surface area (Å²) in [6, 6.07) is 8.47. The molecule has 0 fully saturated rings. The lowest BCUT2D eigenvalue weighted by molar-refractivity contribution is 0.126. The lowest BCUT2D eigenvalue weighted by Gasteiger charge is -2.23. The van der Waals surface area contributed by atoms with Crippen LogP contribution in [0.15, 0.2) is 24.3 Å². The van der Waals surface area contributed by atoms with E-state index in [2.05, 4.69) is 38.2 Å². The quantitative estimate of drug-likeness (QED) is 0.692. The maximum Gasteiger partial charge on any atom is 0.0942 e. The zero-order valence-corrected chi connectivity index (χ0v) is 11.9. The highest BCUT2D eigenvalue weighted by Gasteiger charge is 2.18. The third kappa shape index (κ3) is 4.43. The van der Waals surface area contributed by atoms with Gasteiger partial charge >= 0.3 is 0 Å². The zero-order chi connectivity index (χ0) is 13.4. The summed E-state index contributed by atoms with van der Waals surface area (Å²) >= 11 is 0. The van der Waals surface area contributed by atoms with Crippen molar-refractivity contribution < 1.29 is 5.11 Å². The molecule has 0 radical (unpaired) electrons. The van der Waals surface area contributed by atoms with Crippen LogP contribution in [-0.2, 0) is 6.42 Å². The van der Waals surface area contributed by atoms with E-state index in [1.165, 1.54) is 12.0 Å². The van der Waals surface area contributed by atoms with Crippen molar-refractivity contribution in [2.45, 2.75) is 58.6 Å². The molecule has 0 saturated heterocycles. The molecular weight excluding hydrogens is 222 g/mol. The highest BCUT2D eigenvalue weighted by Crippen LogP contribution is 2.19. The van der Waals surface area contributed by atoms with E-state index in [1.807, 2.05) is 12.1 Å². The summed E-state index contributed by atoms with van der Waals surface area (Å²) in [6.07, 6.45) is 3.93. The molecule has 1 aromatic rings. The molecule has 2 unspecified atom stereocenters. The van der Waals surface area contributed by atoms with E-state index in [1.54, 1.807) is 0 Å². The highest BCUT2D eigenvalue weighted by atomic mass is 16.3. The molecule has 1 rings (SSSR count). The van der Waals surface area contributed by atoms with Crippen LogP contribution in [0.2, 0.25) is 0 Å². The Morgan fingerprint density at radius 2 is 1.78 bits per heavy atom. The smallest absolute Gasteiger partial charge is 0.0942 e. The number of nitrogens with one attached hydrogen (secondary N) is 1. The maximum absolute atomic E-state index is 10.4. The van der Waals surface area contributed by atoms with E-state index in [-0.39, 0.29) is 6.04 Å². The number of rotatable bonds is 8. The standard InChI is InChI=1S/C16H27NO/c1-4-7-12-17-15(6-3)16(18)14-10-8-13(5-2)9-11-14/h8-11,15-18H,4-7,12H2,1-3H3. The fourth-order valence-electron chi connectivity index (χ4n) is 2.13. The summed E-state index contributed by atoms with van der Waals surface area (Å²) in [5, 5.41) is 13.8. The van der Waals surface area contributed by atoms with E-state index in [0.29, 0.717) is 0 Å². The lowest BCUT2D eigenvalue weighted by Crippen LogP contribution is -2.35. The Bertz CT molecular complexity index is 320. The van der Waals surface area contributed by atoms with Gasteiger partial charge in [-0.25, -0.2) is 0 Å². The van der Waals surface area contributed by atoms with Gasteiger partial charge in [0.2, 0.25) is 0 Å². The van der Waals surface area contributed by atoms with Crippen molar-refractivity contribution in [3.05, 3.63) is 35.4 Å². The first-order valence-corrected chi connectivity index (χ1v) is 7.23. The molecule has 0 aromatic heterocycles. The van der Waals surface area contributed by atoms with Crippen LogP contribution in [0.3, 0.4) is 0 Å². The molecule has 2 N–H and O–H groups in total. The predicted molar refractivity (Wildman–Crippen MR) is 77.8 cm³/mol. The van der Waals surface area contributed by atoms with Crippen LogP contribution in [0.4, 0.5) is 0 Å². The van der Waals surface area contributed by atoms with Crippen LogP contribution in [0.1, 0.15) is 57.3 Å². The van der Waals surface area contributed by atoms with E-state index in [4.69, 9.17) is 0 Å². The summed E-state index contributed by atoms with van der Waals surface area (Å²) in [4.78, 5) is 0. The van der Waals surface area contributed by atoms with Crippen LogP contribution >= 0.6 is 0 Å². The normalized spacial score (nSPS) is 14.4. The van der Waals surface area contributed by atoms with Gasteiger partial charge in [0.15, 0.2) is 0 Å². The summed E-state index contributed by atoms with van der Waals surface area (Å²) < 4.78 is 0. The first kappa shape index (κ1) is 15.2. The molecule has 0 bridgehead atoms. The Balaban J connectivity index is 2.60. The minimum atomic E-state index is -0.405. The van der Waals surface area contributed by atoms with Crippen molar-refractivity contribution in [3.63, 3.8) is 0 Å². The third-order valence-corrected chi connectivity index (χ3v) is 3.49. The Labute approximate surface area is 111 Å². The Morgan fingerprint density at radius 1 is 1.11 bits per heavy atom. The molecule has 0 heterocycles. The minimum Gasteiger partial charge on any atom is -0.387 e. The molecule has 0 spiro atoms. The first-order chi connectivity index (χ1) is 8.72. The van der Waals surface area contributed by atoms with Crippen LogP contribution in [0, 0.1) is 0 Å². The number of aliphatic hydroxyl groups excluding tert-OH is 1. The molecule has 0 aliphatic rings. The van der Waals surface area contributed by atoms with Crippen molar-refractivity contribution >= 4 is 0 Å². The number of aliphatic hydroxyl groups is 1. The molecule has 2 atom stereocenters. The Morgan fingerprint density at radius 3 is 2.28 bits per heavy atom. The van der Waals surface area contributed by atoms with Gasteiger partial charge in [-0.05, 0) is 36.9 Å². The number of unbranched alkanes of at least 4 members (excludes halogenated alkanes) is 1. The molecule has 2 nitrogen and oxygen atoms in total. The molecule has 102 valence electrons. The van der Waals surface area contributed by atoms with Crippen LogP contribution in [0.5, 0.6) is 0 Å². The second-order valence-electron chi connectivity index (χ2n) is 4.86. The topological polar surface area (TPSA) is 32.3 Å². The summed E-state index contributed by atoms with van der Waals surface area (Å²) in [5.74, 6) is 0. The van der Waals surface area contributed by atoms with Crippen molar-refractivity contribution in [2.24, 2.45) is 0 Å². The lowest BCUT2D eigenvalue weighted by atomic mass is 9.98. The van der Waals surface area contributed by atoms with Gasteiger partial charge in [-0.15, -0.1) is 0 Å². The molecule has 18 heavy (non-hydrogen) atoms. The first-order valence-electron chi connectivity index (χ1n) is 7.23. The molecule has 0 aliphatic heterocycles. The highest BCUT2D eigenvalue weighted by molar-refractivity contribution is 5.25. The van der Waals surface area contributed by atoms with Crippen LogP contribution < -0.4 is 5.32 Å². The number of aryl methyl sites for hydroxylation is 1. The third-order valence-electron chi connectivity index (χ3n) is 3.49. The molecule has 0 aliphatic carbocycles. The minimum absolute atomic E-state index is 0.157. The zero-order valence-electron chi connectivity index (χ0n) is 11.9. The van der Waals surface area contributed by atoms with Crippen molar-refractivity contribution in [1.29, 1.82) is 0 Å². The van der Waals surface area contributed by atoms with Gasteiger partial charge in [-0.2, -0.15) is 0 Å². The molecule has 2 heteroatoms. The van der Waals surface area contributed by atoms with E-state index >= 15 is 0 Å². The second kappa shape index (κ2) is 8.28. The van der Waals surface area contributed by atoms with Gasteiger partial charge in [-0.3, -0.25) is 0 Å². The van der Waals surface area contributed by atoms with Crippen molar-refractivity contribution in [2.75, 3.05) is 6.54 Å². The van der Waals surface area contributed by atoms with E-state index in [9.17, 15) is 5.11 Å². The van der Waals surface area contributed by atoms with E-state index in [0.717, 1.165) is 31.4 Å². The molecular formula is C16H27NO. The SMILES string of the molecule is CCCCNC(CC)C(O)c1ccc(CC)cc1. The summed E-state index contributed by atoms with van der Waals surface area (Å²) in [5.41, 5.74) is 2.33. The predicted octanol–water partition coefficient (Wildman–Crippen LogP) is 3.45. The fourth-order valence-corrected chi connectivity index (χ4v) is 2.13. The van der Waals surface area contributed by atoms with Gasteiger partial charge in [0.1, 0.15) is 0 Å². The van der Waals surface area contributed by atoms with Gasteiger partial charge in [0.05, 0.1) is 6.10 Å². The maximum atomic E-state index is 10.4. The van der Waals surface area contributed by atoms with Gasteiger partial charge in [0.25, 0.3) is 0 Å². The Kier molecular flexibility index (Phi) is 6.99. The molecule has 0 amide bonds. The van der Waals surface area contributed by atoms with Crippen LogP contribution in [-0.4, -0.2) is 17.7 Å². The van der Waals surface area contributed by atoms with Crippen molar-refractivity contribution in [3.8, 4) is 0 Å². The number of benzene rings is 1. The van der Waals surface area contributed by atoms with Gasteiger partial charge < -0.3 is 10.4 Å². The molecule has 0 saturated carbocycles. The Hall–Kier alpha value is -0.860. The average molecular weight is 249 g/mol. The largest absolute Gasteiger partial charge is 0.387 e. The van der Waals surface area contributed by atoms with E-state index < -0.39 is 6.10 Å².